The highest BCUT2D eigenvalue weighted by molar-refractivity contribution is 6.30. The zero-order valence-corrected chi connectivity index (χ0v) is 15.5. The second-order valence-corrected chi connectivity index (χ2v) is 6.14. The van der Waals surface area contributed by atoms with Gasteiger partial charge in [0.2, 0.25) is 0 Å². The lowest BCUT2D eigenvalue weighted by molar-refractivity contribution is 0.0832. The Morgan fingerprint density at radius 2 is 1.88 bits per heavy atom. The minimum Gasteiger partial charge on any atom is -0.496 e. The first-order valence-electron chi connectivity index (χ1n) is 8.47. The van der Waals surface area contributed by atoms with E-state index in [1.54, 1.807) is 19.2 Å². The quantitative estimate of drug-likeness (QED) is 0.378. The molecule has 0 fully saturated rings. The van der Waals surface area contributed by atoms with Gasteiger partial charge in [-0.2, -0.15) is 0 Å². The van der Waals surface area contributed by atoms with E-state index in [0.717, 1.165) is 11.1 Å². The zero-order chi connectivity index (χ0) is 18.8. The SMILES string of the molecule is COc1ccc(C(=O)CCCOCCO)cc1/C=C/c1ccc(Cl)cc1. The van der Waals surface area contributed by atoms with Crippen LogP contribution in [0, 0.1) is 0 Å². The minimum absolute atomic E-state index is 0.00423. The number of aliphatic hydroxyl groups is 1. The van der Waals surface area contributed by atoms with Crippen molar-refractivity contribution in [2.75, 3.05) is 26.9 Å². The number of benzene rings is 2. The second-order valence-electron chi connectivity index (χ2n) is 5.70. The van der Waals surface area contributed by atoms with E-state index in [-0.39, 0.29) is 12.4 Å². The molecule has 4 nitrogen and oxygen atoms in total. The molecular weight excluding hydrogens is 352 g/mol. The summed E-state index contributed by atoms with van der Waals surface area (Å²) in [6.07, 6.45) is 4.90. The third-order valence-corrected chi connectivity index (χ3v) is 4.06. The predicted molar refractivity (Wildman–Crippen MR) is 105 cm³/mol. The number of hydrogen-bond acceptors (Lipinski definition) is 4. The van der Waals surface area contributed by atoms with Gasteiger partial charge >= 0.3 is 0 Å². The highest BCUT2D eigenvalue weighted by Gasteiger charge is 2.09. The fourth-order valence-electron chi connectivity index (χ4n) is 2.44. The molecule has 1 N–H and O–H groups in total. The lowest BCUT2D eigenvalue weighted by Gasteiger charge is -2.08. The van der Waals surface area contributed by atoms with Crippen molar-refractivity contribution in [3.63, 3.8) is 0 Å². The summed E-state index contributed by atoms with van der Waals surface area (Å²) in [6.45, 7) is 0.762. The van der Waals surface area contributed by atoms with Crippen LogP contribution in [0.1, 0.15) is 34.3 Å². The Morgan fingerprint density at radius 3 is 2.58 bits per heavy atom. The maximum absolute atomic E-state index is 12.4. The molecular formula is C21H23ClO4. The molecule has 0 amide bonds. The standard InChI is InChI=1S/C21H23ClO4/c1-25-21-11-8-17(20(24)3-2-13-26-14-12-23)15-18(21)7-4-16-5-9-19(22)10-6-16/h4-11,15,23H,2-3,12-14H2,1H3/b7-4+. The van der Waals surface area contributed by atoms with Crippen molar-refractivity contribution >= 4 is 29.5 Å². The summed E-state index contributed by atoms with van der Waals surface area (Å²) >= 11 is 5.90. The summed E-state index contributed by atoms with van der Waals surface area (Å²) in [7, 11) is 1.61. The smallest absolute Gasteiger partial charge is 0.162 e. The summed E-state index contributed by atoms with van der Waals surface area (Å²) in [5, 5.41) is 9.35. The largest absolute Gasteiger partial charge is 0.496 e. The van der Waals surface area contributed by atoms with Crippen LogP contribution in [-0.4, -0.2) is 37.8 Å². The number of methoxy groups -OCH3 is 1. The molecule has 0 aliphatic carbocycles. The van der Waals surface area contributed by atoms with Crippen molar-refractivity contribution in [2.45, 2.75) is 12.8 Å². The lowest BCUT2D eigenvalue weighted by atomic mass is 10.0. The molecule has 0 aliphatic rings. The van der Waals surface area contributed by atoms with E-state index >= 15 is 0 Å². The Morgan fingerprint density at radius 1 is 1.12 bits per heavy atom. The van der Waals surface area contributed by atoms with E-state index in [9.17, 15) is 4.79 Å². The van der Waals surface area contributed by atoms with Crippen molar-refractivity contribution < 1.29 is 19.4 Å². The van der Waals surface area contributed by atoms with Crippen molar-refractivity contribution in [1.29, 1.82) is 0 Å². The summed E-state index contributed by atoms with van der Waals surface area (Å²) < 4.78 is 10.6. The third kappa shape index (κ3) is 6.30. The van der Waals surface area contributed by atoms with Gasteiger partial charge in [-0.25, -0.2) is 0 Å². The second kappa shape index (κ2) is 10.8. The van der Waals surface area contributed by atoms with E-state index in [2.05, 4.69) is 0 Å². The van der Waals surface area contributed by atoms with Gasteiger partial charge < -0.3 is 14.6 Å². The summed E-state index contributed by atoms with van der Waals surface area (Å²) in [5.74, 6) is 0.763. The van der Waals surface area contributed by atoms with Gasteiger partial charge in [-0.1, -0.05) is 35.9 Å². The maximum Gasteiger partial charge on any atom is 0.162 e. The number of carbonyl (C=O) groups is 1. The van der Waals surface area contributed by atoms with Gasteiger partial charge in [0.05, 0.1) is 20.3 Å². The van der Waals surface area contributed by atoms with E-state index < -0.39 is 0 Å². The molecule has 0 aromatic heterocycles. The summed E-state index contributed by atoms with van der Waals surface area (Å²) in [5.41, 5.74) is 2.49. The van der Waals surface area contributed by atoms with Gasteiger partial charge in [0.25, 0.3) is 0 Å². The molecule has 0 heterocycles. The van der Waals surface area contributed by atoms with Crippen LogP contribution in [0.15, 0.2) is 42.5 Å². The van der Waals surface area contributed by atoms with Crippen LogP contribution in [0.25, 0.3) is 12.2 Å². The van der Waals surface area contributed by atoms with E-state index in [0.29, 0.717) is 42.4 Å². The summed E-state index contributed by atoms with van der Waals surface area (Å²) in [6, 6.07) is 12.9. The molecule has 26 heavy (non-hydrogen) atoms. The van der Waals surface area contributed by atoms with Gasteiger partial charge in [-0.15, -0.1) is 0 Å². The van der Waals surface area contributed by atoms with E-state index in [1.165, 1.54) is 0 Å². The first-order chi connectivity index (χ1) is 12.6. The van der Waals surface area contributed by atoms with Crippen LogP contribution in [-0.2, 0) is 4.74 Å². The predicted octanol–water partition coefficient (Wildman–Crippen LogP) is 4.49. The molecule has 0 radical (unpaired) electrons. The molecule has 0 aliphatic heterocycles. The van der Waals surface area contributed by atoms with Gasteiger partial charge in [-0.05, 0) is 42.3 Å². The molecule has 2 rings (SSSR count). The number of halogens is 1. The average molecular weight is 375 g/mol. The number of aliphatic hydroxyl groups excluding tert-OH is 1. The Kier molecular flexibility index (Phi) is 8.35. The van der Waals surface area contributed by atoms with Crippen LogP contribution in [0.3, 0.4) is 0 Å². The normalized spacial score (nSPS) is 11.0. The molecule has 0 spiro atoms. The number of hydrogen-bond donors (Lipinski definition) is 1. The number of ether oxygens (including phenoxy) is 2. The van der Waals surface area contributed by atoms with E-state index in [4.69, 9.17) is 26.2 Å². The van der Waals surface area contributed by atoms with Crippen LogP contribution in [0.5, 0.6) is 5.75 Å². The fourth-order valence-corrected chi connectivity index (χ4v) is 2.57. The molecule has 0 atom stereocenters. The topological polar surface area (TPSA) is 55.8 Å². The molecule has 138 valence electrons. The minimum atomic E-state index is -0.00423. The maximum atomic E-state index is 12.4. The van der Waals surface area contributed by atoms with Crippen LogP contribution < -0.4 is 4.74 Å². The molecule has 0 bridgehead atoms. The van der Waals surface area contributed by atoms with Crippen LogP contribution >= 0.6 is 11.6 Å². The van der Waals surface area contributed by atoms with Crippen LogP contribution in [0.4, 0.5) is 0 Å². The highest BCUT2D eigenvalue weighted by atomic mass is 35.5. The number of rotatable bonds is 10. The molecule has 2 aromatic carbocycles. The average Bonchev–Trinajstić information content (AvgIpc) is 2.67. The van der Waals surface area contributed by atoms with Gasteiger partial charge in [0.1, 0.15) is 5.75 Å². The first kappa shape index (κ1) is 20.2. The lowest BCUT2D eigenvalue weighted by Crippen LogP contribution is -2.05. The summed E-state index contributed by atoms with van der Waals surface area (Å²) in [4.78, 5) is 12.4. The monoisotopic (exact) mass is 374 g/mol. The number of carbonyl (C=O) groups excluding carboxylic acids is 1. The molecule has 0 saturated carbocycles. The number of Topliss-reactive ketones (excluding diaryl/α,β-unsaturated/α-hetero) is 1. The Balaban J connectivity index is 2.07. The van der Waals surface area contributed by atoms with Crippen molar-refractivity contribution in [1.82, 2.24) is 0 Å². The molecule has 2 aromatic rings. The van der Waals surface area contributed by atoms with Gasteiger partial charge in [0, 0.05) is 29.2 Å². The van der Waals surface area contributed by atoms with E-state index in [1.807, 2.05) is 42.5 Å². The van der Waals surface area contributed by atoms with Crippen molar-refractivity contribution in [2.24, 2.45) is 0 Å². The number of ketones is 1. The van der Waals surface area contributed by atoms with Crippen molar-refractivity contribution in [3.8, 4) is 5.75 Å². The van der Waals surface area contributed by atoms with Crippen molar-refractivity contribution in [3.05, 3.63) is 64.2 Å². The molecule has 0 saturated heterocycles. The molecule has 0 unspecified atom stereocenters. The Bertz CT molecular complexity index is 738. The third-order valence-electron chi connectivity index (χ3n) is 3.81. The Labute approximate surface area is 159 Å². The van der Waals surface area contributed by atoms with Gasteiger partial charge in [-0.3, -0.25) is 4.79 Å². The van der Waals surface area contributed by atoms with Gasteiger partial charge in [0.15, 0.2) is 5.78 Å². The van der Waals surface area contributed by atoms with Crippen LogP contribution in [0.2, 0.25) is 5.02 Å². The molecule has 5 heteroatoms. The zero-order valence-electron chi connectivity index (χ0n) is 14.8. The first-order valence-corrected chi connectivity index (χ1v) is 8.85. The Hall–Kier alpha value is -2.14. The fraction of sp³-hybridized carbons (Fsp3) is 0.286. The highest BCUT2D eigenvalue weighted by Crippen LogP contribution is 2.23.